The van der Waals surface area contributed by atoms with Gasteiger partial charge in [-0.15, -0.1) is 10.2 Å². The number of rotatable bonds is 3. The molecule has 0 bridgehead atoms. The zero-order chi connectivity index (χ0) is 13.3. The minimum Gasteiger partial charge on any atom is -0.297 e. The van der Waals surface area contributed by atoms with Crippen molar-refractivity contribution in [2.24, 2.45) is 0 Å². The molecule has 0 saturated carbocycles. The third-order valence-electron chi connectivity index (χ3n) is 2.41. The molecular formula is C10H11ClN4O2S. The van der Waals surface area contributed by atoms with Gasteiger partial charge in [-0.3, -0.25) is 9.55 Å². The summed E-state index contributed by atoms with van der Waals surface area (Å²) in [7, 11) is 1.41. The molecule has 6 nitrogen and oxygen atoms in total. The average Bonchev–Trinajstić information content (AvgIpc) is 2.72. The Morgan fingerprint density at radius 2 is 2.11 bits per heavy atom. The number of halogens is 1. The standard InChI is InChI=1S/C10H11ClN4O2S/c1-3-15-9(8-4-5-12-7(2)6-8)13-14-10(15)18(11,16)17/h4-6H,3H2,1-2H3. The summed E-state index contributed by atoms with van der Waals surface area (Å²) in [5, 5.41) is 7.28. The predicted molar refractivity (Wildman–Crippen MR) is 66.7 cm³/mol. The second-order valence-electron chi connectivity index (χ2n) is 3.67. The second kappa shape index (κ2) is 4.66. The van der Waals surface area contributed by atoms with E-state index in [9.17, 15) is 8.42 Å². The van der Waals surface area contributed by atoms with Crippen LogP contribution in [0.3, 0.4) is 0 Å². The van der Waals surface area contributed by atoms with Gasteiger partial charge < -0.3 is 0 Å². The molecule has 0 aliphatic carbocycles. The molecule has 0 spiro atoms. The molecular weight excluding hydrogens is 276 g/mol. The summed E-state index contributed by atoms with van der Waals surface area (Å²) >= 11 is 0. The molecule has 0 aromatic carbocycles. The van der Waals surface area contributed by atoms with E-state index in [0.717, 1.165) is 11.3 Å². The van der Waals surface area contributed by atoms with Crippen molar-refractivity contribution in [1.29, 1.82) is 0 Å². The van der Waals surface area contributed by atoms with Gasteiger partial charge in [0.25, 0.3) is 14.2 Å². The van der Waals surface area contributed by atoms with Gasteiger partial charge in [0.1, 0.15) is 0 Å². The summed E-state index contributed by atoms with van der Waals surface area (Å²) in [6, 6.07) is 3.55. The van der Waals surface area contributed by atoms with Crippen molar-refractivity contribution in [2.45, 2.75) is 25.5 Å². The minimum absolute atomic E-state index is 0.240. The van der Waals surface area contributed by atoms with E-state index in [0.29, 0.717) is 12.4 Å². The van der Waals surface area contributed by atoms with Gasteiger partial charge in [-0.1, -0.05) is 0 Å². The van der Waals surface area contributed by atoms with Crippen molar-refractivity contribution in [3.63, 3.8) is 0 Å². The Balaban J connectivity index is 2.63. The Morgan fingerprint density at radius 1 is 1.39 bits per heavy atom. The van der Waals surface area contributed by atoms with Crippen LogP contribution in [0, 0.1) is 6.92 Å². The van der Waals surface area contributed by atoms with E-state index >= 15 is 0 Å². The number of pyridine rings is 1. The first-order valence-electron chi connectivity index (χ1n) is 5.24. The molecule has 0 N–H and O–H groups in total. The third kappa shape index (κ3) is 2.37. The highest BCUT2D eigenvalue weighted by Gasteiger charge is 2.22. The van der Waals surface area contributed by atoms with Crippen molar-refractivity contribution >= 4 is 19.7 Å². The van der Waals surface area contributed by atoms with Gasteiger partial charge in [0.2, 0.25) is 0 Å². The van der Waals surface area contributed by atoms with Crippen LogP contribution in [0.5, 0.6) is 0 Å². The normalized spacial score (nSPS) is 11.7. The molecule has 0 unspecified atom stereocenters. The van der Waals surface area contributed by atoms with E-state index in [4.69, 9.17) is 10.7 Å². The van der Waals surface area contributed by atoms with Crippen LogP contribution in [0.1, 0.15) is 12.6 Å². The lowest BCUT2D eigenvalue weighted by Crippen LogP contribution is -2.06. The molecule has 0 radical (unpaired) electrons. The molecule has 2 aromatic heterocycles. The Morgan fingerprint density at radius 3 is 2.67 bits per heavy atom. The van der Waals surface area contributed by atoms with Gasteiger partial charge in [0.15, 0.2) is 5.82 Å². The van der Waals surface area contributed by atoms with Crippen LogP contribution in [0.15, 0.2) is 23.5 Å². The van der Waals surface area contributed by atoms with Gasteiger partial charge in [0, 0.05) is 34.7 Å². The van der Waals surface area contributed by atoms with E-state index in [1.165, 1.54) is 4.57 Å². The first kappa shape index (κ1) is 13.0. The van der Waals surface area contributed by atoms with Crippen molar-refractivity contribution in [1.82, 2.24) is 19.7 Å². The summed E-state index contributed by atoms with van der Waals surface area (Å²) in [5.41, 5.74) is 1.57. The first-order valence-corrected chi connectivity index (χ1v) is 7.55. The Labute approximate surface area is 109 Å². The quantitative estimate of drug-likeness (QED) is 0.801. The number of aryl methyl sites for hydroxylation is 1. The Bertz CT molecular complexity index is 681. The summed E-state index contributed by atoms with van der Waals surface area (Å²) < 4.78 is 24.2. The summed E-state index contributed by atoms with van der Waals surface area (Å²) in [5.74, 6) is 0.460. The van der Waals surface area contributed by atoms with Gasteiger partial charge in [-0.05, 0) is 26.0 Å². The van der Waals surface area contributed by atoms with Crippen molar-refractivity contribution in [2.75, 3.05) is 0 Å². The third-order valence-corrected chi connectivity index (χ3v) is 3.56. The monoisotopic (exact) mass is 286 g/mol. The lowest BCUT2D eigenvalue weighted by Gasteiger charge is -2.05. The number of hydrogen-bond donors (Lipinski definition) is 0. The highest BCUT2D eigenvalue weighted by Crippen LogP contribution is 2.22. The molecule has 2 heterocycles. The lowest BCUT2D eigenvalue weighted by molar-refractivity contribution is 0.583. The zero-order valence-corrected chi connectivity index (χ0v) is 11.4. The smallest absolute Gasteiger partial charge is 0.296 e. The molecule has 0 saturated heterocycles. The SMILES string of the molecule is CCn1c(-c2ccnc(C)c2)nnc1S(=O)(=O)Cl. The zero-order valence-electron chi connectivity index (χ0n) is 9.83. The van der Waals surface area contributed by atoms with Gasteiger partial charge >= 0.3 is 0 Å². The van der Waals surface area contributed by atoms with E-state index in [2.05, 4.69) is 15.2 Å². The second-order valence-corrected chi connectivity index (χ2v) is 6.13. The molecule has 96 valence electrons. The highest BCUT2D eigenvalue weighted by atomic mass is 35.7. The topological polar surface area (TPSA) is 77.7 Å². The average molecular weight is 287 g/mol. The van der Waals surface area contributed by atoms with Crippen molar-refractivity contribution in [3.05, 3.63) is 24.0 Å². The summed E-state index contributed by atoms with van der Waals surface area (Å²) in [6.07, 6.45) is 1.63. The van der Waals surface area contributed by atoms with Crippen LogP contribution < -0.4 is 0 Å². The lowest BCUT2D eigenvalue weighted by atomic mass is 10.2. The van der Waals surface area contributed by atoms with Gasteiger partial charge in [0.05, 0.1) is 0 Å². The fraction of sp³-hybridized carbons (Fsp3) is 0.300. The highest BCUT2D eigenvalue weighted by molar-refractivity contribution is 8.13. The Kier molecular flexibility index (Phi) is 3.36. The fourth-order valence-electron chi connectivity index (χ4n) is 1.65. The maximum absolute atomic E-state index is 11.4. The molecule has 0 fully saturated rings. The van der Waals surface area contributed by atoms with E-state index in [1.807, 2.05) is 6.92 Å². The number of hydrogen-bond acceptors (Lipinski definition) is 5. The van der Waals surface area contributed by atoms with E-state index < -0.39 is 9.05 Å². The van der Waals surface area contributed by atoms with Crippen LogP contribution in [-0.4, -0.2) is 28.2 Å². The maximum atomic E-state index is 11.4. The molecule has 0 aliphatic rings. The van der Waals surface area contributed by atoms with E-state index in [1.54, 1.807) is 25.3 Å². The summed E-state index contributed by atoms with van der Waals surface area (Å²) in [6.45, 7) is 4.05. The van der Waals surface area contributed by atoms with Crippen LogP contribution in [-0.2, 0) is 15.6 Å². The van der Waals surface area contributed by atoms with Crippen LogP contribution in [0.4, 0.5) is 0 Å². The maximum Gasteiger partial charge on any atom is 0.296 e. The Hall–Kier alpha value is -1.47. The van der Waals surface area contributed by atoms with Crippen LogP contribution in [0.25, 0.3) is 11.4 Å². The largest absolute Gasteiger partial charge is 0.297 e. The van der Waals surface area contributed by atoms with Crippen molar-refractivity contribution in [3.8, 4) is 11.4 Å². The fourth-order valence-corrected chi connectivity index (χ4v) is 2.61. The van der Waals surface area contributed by atoms with Gasteiger partial charge in [-0.25, -0.2) is 8.42 Å². The minimum atomic E-state index is -3.90. The van der Waals surface area contributed by atoms with E-state index in [-0.39, 0.29) is 5.16 Å². The molecule has 0 aliphatic heterocycles. The molecule has 2 rings (SSSR count). The number of aromatic nitrogens is 4. The van der Waals surface area contributed by atoms with Gasteiger partial charge in [-0.2, -0.15) is 0 Å². The number of nitrogens with zero attached hydrogens (tertiary/aromatic N) is 4. The van der Waals surface area contributed by atoms with Crippen LogP contribution in [0.2, 0.25) is 0 Å². The molecule has 2 aromatic rings. The predicted octanol–water partition coefficient (Wildman–Crippen LogP) is 1.60. The van der Waals surface area contributed by atoms with Crippen LogP contribution >= 0.6 is 10.7 Å². The molecule has 8 heteroatoms. The first-order chi connectivity index (χ1) is 8.43. The van der Waals surface area contributed by atoms with Crippen molar-refractivity contribution < 1.29 is 8.42 Å². The molecule has 18 heavy (non-hydrogen) atoms. The molecule has 0 atom stereocenters. The molecule has 0 amide bonds. The summed E-state index contributed by atoms with van der Waals surface area (Å²) in [4.78, 5) is 4.07.